The minimum absolute atomic E-state index is 0.0155. The van der Waals surface area contributed by atoms with Gasteiger partial charge in [-0.15, -0.1) is 0 Å². The van der Waals surface area contributed by atoms with E-state index >= 15 is 0 Å². The number of benzene rings is 4. The third-order valence-electron chi connectivity index (χ3n) is 12.7. The van der Waals surface area contributed by atoms with Crippen LogP contribution in [0.1, 0.15) is 99.6 Å². The Kier molecular flexibility index (Phi) is 20.6. The molecule has 83 heavy (non-hydrogen) atoms. The number of carbonyl (C=O) groups is 8. The summed E-state index contributed by atoms with van der Waals surface area (Å²) < 4.78 is 80.6. The van der Waals surface area contributed by atoms with Gasteiger partial charge in [0.1, 0.15) is 102 Å². The normalized spacial score (nSPS) is 22.6. The predicted octanol–water partition coefficient (Wildman–Crippen LogP) is 4.12. The molecule has 8 aliphatic rings. The summed E-state index contributed by atoms with van der Waals surface area (Å²) in [6, 6.07) is 20.6. The second kappa shape index (κ2) is 28.5. The molecule has 24 heteroatoms. The van der Waals surface area contributed by atoms with Gasteiger partial charge in [-0.2, -0.15) is 0 Å². The van der Waals surface area contributed by atoms with Crippen LogP contribution >= 0.6 is 0 Å². The maximum atomic E-state index is 12.0. The predicted molar refractivity (Wildman–Crippen MR) is 280 cm³/mol. The van der Waals surface area contributed by atoms with Gasteiger partial charge in [0.05, 0.1) is 97.4 Å². The third-order valence-corrected chi connectivity index (χ3v) is 12.7. The summed E-state index contributed by atoms with van der Waals surface area (Å²) in [6.45, 7) is 12.5. The SMILES string of the molecule is Cc1cc(C(=O)OCC2CO2)c(C)cc1C(=O)OCC1CO1.Cc1cc(C(=O)OCC2CO2)cc(C(=O)OCC2CO2)c1.O=C(OCC1CO1)c1ccc(C(=O)OCC2CO2)cc1.O=C(OCC1CO1)c1cccc(C(=O)OCC2CO2)c1. The van der Waals surface area contributed by atoms with Crippen molar-refractivity contribution in [1.29, 1.82) is 0 Å². The summed E-state index contributed by atoms with van der Waals surface area (Å²) in [5.41, 5.74) is 5.19. The molecule has 0 aliphatic carbocycles. The van der Waals surface area contributed by atoms with Crippen LogP contribution in [-0.2, 0) is 75.8 Å². The van der Waals surface area contributed by atoms with Crippen LogP contribution in [0.5, 0.6) is 0 Å². The summed E-state index contributed by atoms with van der Waals surface area (Å²) in [4.78, 5) is 94.8. The Hall–Kier alpha value is -7.68. The molecule has 4 aromatic rings. The molecule has 442 valence electrons. The number of hydrogen-bond donors (Lipinski definition) is 0. The van der Waals surface area contributed by atoms with Gasteiger partial charge in [0.2, 0.25) is 0 Å². The van der Waals surface area contributed by atoms with Crippen molar-refractivity contribution < 1.29 is 114 Å². The number of aryl methyl sites for hydroxylation is 3. The smallest absolute Gasteiger partial charge is 0.338 e. The van der Waals surface area contributed by atoms with Crippen molar-refractivity contribution in [2.45, 2.75) is 69.6 Å². The van der Waals surface area contributed by atoms with Gasteiger partial charge in [0.25, 0.3) is 0 Å². The topological polar surface area (TPSA) is 311 Å². The molecule has 12 rings (SSSR count). The first-order valence-electron chi connectivity index (χ1n) is 26.8. The van der Waals surface area contributed by atoms with E-state index in [0.29, 0.717) is 108 Å². The molecule has 8 saturated heterocycles. The van der Waals surface area contributed by atoms with Crippen molar-refractivity contribution in [3.63, 3.8) is 0 Å². The number of carbonyl (C=O) groups excluding carboxylic acids is 8. The molecule has 0 amide bonds. The highest BCUT2D eigenvalue weighted by atomic mass is 16.7. The number of esters is 8. The Bertz CT molecular complexity index is 2790. The van der Waals surface area contributed by atoms with Crippen LogP contribution in [0.4, 0.5) is 0 Å². The molecular formula is C59H62O24. The summed E-state index contributed by atoms with van der Waals surface area (Å²) >= 11 is 0. The van der Waals surface area contributed by atoms with E-state index in [1.165, 1.54) is 12.1 Å². The molecular weight excluding hydrogens is 1090 g/mol. The second-order valence-electron chi connectivity index (χ2n) is 20.2. The average molecular weight is 1160 g/mol. The number of rotatable bonds is 24. The lowest BCUT2D eigenvalue weighted by molar-refractivity contribution is 0.0458. The van der Waals surface area contributed by atoms with Crippen LogP contribution in [0.2, 0.25) is 0 Å². The highest BCUT2D eigenvalue weighted by molar-refractivity contribution is 5.98. The minimum atomic E-state index is -0.472. The van der Waals surface area contributed by atoms with Gasteiger partial charge in [-0.25, -0.2) is 38.4 Å². The van der Waals surface area contributed by atoms with E-state index < -0.39 is 47.8 Å². The molecule has 8 fully saturated rings. The summed E-state index contributed by atoms with van der Waals surface area (Å²) in [6.07, 6.45) is 0.212. The largest absolute Gasteiger partial charge is 0.459 e. The minimum Gasteiger partial charge on any atom is -0.459 e. The van der Waals surface area contributed by atoms with Gasteiger partial charge >= 0.3 is 47.8 Å². The molecule has 0 bridgehead atoms. The van der Waals surface area contributed by atoms with E-state index in [4.69, 9.17) is 75.8 Å². The molecule has 0 saturated carbocycles. The van der Waals surface area contributed by atoms with Gasteiger partial charge in [0, 0.05) is 0 Å². The molecule has 0 aromatic heterocycles. The van der Waals surface area contributed by atoms with Gasteiger partial charge in [-0.1, -0.05) is 6.07 Å². The molecule has 8 atom stereocenters. The molecule has 0 spiro atoms. The molecule has 0 radical (unpaired) electrons. The Labute approximate surface area is 475 Å². The fraction of sp³-hybridized carbons (Fsp3) is 0.458. The van der Waals surface area contributed by atoms with Crippen molar-refractivity contribution >= 4 is 47.8 Å². The van der Waals surface area contributed by atoms with E-state index in [-0.39, 0.29) is 102 Å². The molecule has 4 aromatic carbocycles. The lowest BCUT2D eigenvalue weighted by Gasteiger charge is -2.11. The molecule has 8 heterocycles. The van der Waals surface area contributed by atoms with Crippen LogP contribution in [0.15, 0.2) is 78.9 Å². The lowest BCUT2D eigenvalue weighted by Crippen LogP contribution is -2.15. The van der Waals surface area contributed by atoms with Gasteiger partial charge in [-0.3, -0.25) is 0 Å². The van der Waals surface area contributed by atoms with Crippen molar-refractivity contribution in [3.05, 3.63) is 140 Å². The van der Waals surface area contributed by atoms with Gasteiger partial charge < -0.3 is 75.8 Å². The number of epoxide rings is 8. The van der Waals surface area contributed by atoms with Crippen molar-refractivity contribution in [1.82, 2.24) is 0 Å². The number of hydrogen-bond acceptors (Lipinski definition) is 24. The maximum Gasteiger partial charge on any atom is 0.338 e. The highest BCUT2D eigenvalue weighted by Crippen LogP contribution is 2.22. The Balaban J connectivity index is 0.000000133. The molecule has 8 aliphatic heterocycles. The Morgan fingerprint density at radius 1 is 0.301 bits per heavy atom. The monoisotopic (exact) mass is 1150 g/mol. The summed E-state index contributed by atoms with van der Waals surface area (Å²) in [5.74, 6) is -3.52. The van der Waals surface area contributed by atoms with E-state index in [0.717, 1.165) is 5.56 Å². The average Bonchev–Trinajstić information content (AvgIpc) is 4.44. The van der Waals surface area contributed by atoms with Crippen LogP contribution in [0, 0.1) is 20.8 Å². The van der Waals surface area contributed by atoms with Crippen LogP contribution < -0.4 is 0 Å². The van der Waals surface area contributed by atoms with Crippen molar-refractivity contribution in [2.24, 2.45) is 0 Å². The molecule has 0 N–H and O–H groups in total. The molecule has 24 nitrogen and oxygen atoms in total. The Morgan fingerprint density at radius 3 is 0.771 bits per heavy atom. The lowest BCUT2D eigenvalue weighted by atomic mass is 10.00. The quantitative estimate of drug-likeness (QED) is 0.0541. The molecule has 8 unspecified atom stereocenters. The van der Waals surface area contributed by atoms with Crippen molar-refractivity contribution in [3.8, 4) is 0 Å². The zero-order chi connectivity index (χ0) is 58.4. The highest BCUT2D eigenvalue weighted by Gasteiger charge is 2.31. The fourth-order valence-corrected chi connectivity index (χ4v) is 7.11. The first kappa shape index (κ1) is 59.9. The number of ether oxygens (including phenoxy) is 16. The zero-order valence-electron chi connectivity index (χ0n) is 45.7. The maximum absolute atomic E-state index is 12.0. The van der Waals surface area contributed by atoms with Crippen LogP contribution in [0.25, 0.3) is 0 Å². The standard InChI is InChI=1S/C16H18O6.C15H16O6.2C14H14O6/c1-9-3-14(16(18)22-8-12-6-20-12)10(2)4-13(9)15(17)21-7-11-5-19-11;1-9-2-10(14(16)20-7-12-5-18-12)4-11(3-9)15(17)21-8-13-6-19-13;15-13(19-7-11-5-17-11)9-1-2-10(4-3-9)14(16)20-8-12-6-18-12;15-13(19-7-11-5-17-11)9-2-1-3-10(4-9)14(16)20-8-12-6-18-12/h3-4,11-12H,5-8H2,1-2H3;2-4,12-13H,5-8H2,1H3;2*1-4,11-12H,5-8H2. The van der Waals surface area contributed by atoms with Gasteiger partial charge in [-0.05, 0) is 110 Å². The first-order valence-corrected chi connectivity index (χ1v) is 26.8. The van der Waals surface area contributed by atoms with E-state index in [1.54, 1.807) is 80.6 Å². The third kappa shape index (κ3) is 20.9. The van der Waals surface area contributed by atoms with Crippen molar-refractivity contribution in [2.75, 3.05) is 106 Å². The zero-order valence-corrected chi connectivity index (χ0v) is 45.7. The van der Waals surface area contributed by atoms with Gasteiger partial charge in [0.15, 0.2) is 0 Å². The van der Waals surface area contributed by atoms with E-state index in [2.05, 4.69) is 0 Å². The van der Waals surface area contributed by atoms with E-state index in [1.807, 2.05) is 6.92 Å². The second-order valence-corrected chi connectivity index (χ2v) is 20.2. The van der Waals surface area contributed by atoms with Crippen LogP contribution in [-0.4, -0.2) is 202 Å². The Morgan fingerprint density at radius 2 is 0.518 bits per heavy atom. The summed E-state index contributed by atoms with van der Waals surface area (Å²) in [7, 11) is 0. The van der Waals surface area contributed by atoms with E-state index in [9.17, 15) is 38.4 Å². The summed E-state index contributed by atoms with van der Waals surface area (Å²) in [5, 5.41) is 0. The fourth-order valence-electron chi connectivity index (χ4n) is 7.11. The first-order chi connectivity index (χ1) is 40.1. The van der Waals surface area contributed by atoms with Crippen LogP contribution in [0.3, 0.4) is 0 Å².